The standard InChI is InChI=1S/C13H16N2O/c14-6-5-12-1-3-13(4-2-12)11-15-7-9-16-10-8-15/h1-4H,5,7-11H2. The van der Waals surface area contributed by atoms with Crippen molar-refractivity contribution < 1.29 is 4.74 Å². The quantitative estimate of drug-likeness (QED) is 0.769. The number of rotatable bonds is 3. The fourth-order valence-corrected chi connectivity index (χ4v) is 1.87. The van der Waals surface area contributed by atoms with E-state index in [9.17, 15) is 0 Å². The highest BCUT2D eigenvalue weighted by atomic mass is 16.5. The molecule has 1 aromatic rings. The summed E-state index contributed by atoms with van der Waals surface area (Å²) in [6.07, 6.45) is 0.498. The minimum Gasteiger partial charge on any atom is -0.379 e. The first kappa shape index (κ1) is 11.1. The van der Waals surface area contributed by atoms with Crippen LogP contribution in [0.4, 0.5) is 0 Å². The average molecular weight is 216 g/mol. The second-order valence-electron chi connectivity index (χ2n) is 4.04. The minimum atomic E-state index is 0.498. The van der Waals surface area contributed by atoms with Crippen molar-refractivity contribution in [2.75, 3.05) is 26.3 Å². The SMILES string of the molecule is N#CCc1ccc(CN2CCOCC2)cc1. The highest BCUT2D eigenvalue weighted by molar-refractivity contribution is 5.24. The van der Waals surface area contributed by atoms with Gasteiger partial charge in [0.15, 0.2) is 0 Å². The summed E-state index contributed by atoms with van der Waals surface area (Å²) in [6.45, 7) is 4.69. The van der Waals surface area contributed by atoms with E-state index in [1.807, 2.05) is 12.1 Å². The Kier molecular flexibility index (Phi) is 3.92. The van der Waals surface area contributed by atoms with Gasteiger partial charge in [0.25, 0.3) is 0 Å². The Labute approximate surface area is 96.2 Å². The summed E-state index contributed by atoms with van der Waals surface area (Å²) in [5.41, 5.74) is 2.40. The molecule has 0 unspecified atom stereocenters. The number of hydrogen-bond donors (Lipinski definition) is 0. The lowest BCUT2D eigenvalue weighted by Gasteiger charge is -2.26. The zero-order valence-corrected chi connectivity index (χ0v) is 9.35. The molecule has 84 valence electrons. The van der Waals surface area contributed by atoms with Crippen molar-refractivity contribution in [1.29, 1.82) is 5.26 Å². The molecule has 1 fully saturated rings. The van der Waals surface area contributed by atoms with Crippen molar-refractivity contribution in [3.05, 3.63) is 35.4 Å². The summed E-state index contributed by atoms with van der Waals surface area (Å²) in [6, 6.07) is 10.5. The van der Waals surface area contributed by atoms with Crippen molar-refractivity contribution in [3.8, 4) is 6.07 Å². The zero-order chi connectivity index (χ0) is 11.2. The van der Waals surface area contributed by atoms with Gasteiger partial charge in [-0.1, -0.05) is 24.3 Å². The number of ether oxygens (including phenoxy) is 1. The molecule has 0 spiro atoms. The molecular weight excluding hydrogens is 200 g/mol. The van der Waals surface area contributed by atoms with Crippen molar-refractivity contribution in [2.24, 2.45) is 0 Å². The minimum absolute atomic E-state index is 0.498. The van der Waals surface area contributed by atoms with Crippen LogP contribution in [0.25, 0.3) is 0 Å². The van der Waals surface area contributed by atoms with Gasteiger partial charge < -0.3 is 4.74 Å². The molecule has 1 aromatic carbocycles. The predicted octanol–water partition coefficient (Wildman–Crippen LogP) is 1.58. The van der Waals surface area contributed by atoms with Gasteiger partial charge in [0.1, 0.15) is 0 Å². The van der Waals surface area contributed by atoms with Crippen LogP contribution in [0.2, 0.25) is 0 Å². The third-order valence-electron chi connectivity index (χ3n) is 2.82. The average Bonchev–Trinajstić information content (AvgIpc) is 2.33. The van der Waals surface area contributed by atoms with Crippen LogP contribution in [0.1, 0.15) is 11.1 Å². The Bertz CT molecular complexity index is 361. The third-order valence-corrected chi connectivity index (χ3v) is 2.82. The first-order valence-electron chi connectivity index (χ1n) is 5.63. The van der Waals surface area contributed by atoms with Crippen molar-refractivity contribution >= 4 is 0 Å². The fraction of sp³-hybridized carbons (Fsp3) is 0.462. The first-order valence-corrected chi connectivity index (χ1v) is 5.63. The van der Waals surface area contributed by atoms with Crippen LogP contribution < -0.4 is 0 Å². The van der Waals surface area contributed by atoms with Crippen LogP contribution >= 0.6 is 0 Å². The van der Waals surface area contributed by atoms with Crippen LogP contribution in [-0.4, -0.2) is 31.2 Å². The molecule has 2 rings (SSSR count). The van der Waals surface area contributed by atoms with Gasteiger partial charge in [-0.15, -0.1) is 0 Å². The molecule has 1 heterocycles. The molecule has 1 saturated heterocycles. The number of benzene rings is 1. The molecule has 0 N–H and O–H groups in total. The number of morpholine rings is 1. The van der Waals surface area contributed by atoms with Crippen LogP contribution in [0.3, 0.4) is 0 Å². The Balaban J connectivity index is 1.91. The molecule has 0 bridgehead atoms. The van der Waals surface area contributed by atoms with E-state index >= 15 is 0 Å². The van der Waals surface area contributed by atoms with Crippen LogP contribution in [-0.2, 0) is 17.7 Å². The lowest BCUT2D eigenvalue weighted by Crippen LogP contribution is -2.35. The van der Waals surface area contributed by atoms with E-state index < -0.39 is 0 Å². The van der Waals surface area contributed by atoms with E-state index in [2.05, 4.69) is 23.1 Å². The van der Waals surface area contributed by atoms with Crippen molar-refractivity contribution in [1.82, 2.24) is 4.90 Å². The third kappa shape index (κ3) is 3.06. The molecule has 0 atom stereocenters. The van der Waals surface area contributed by atoms with Gasteiger partial charge in [-0.3, -0.25) is 4.90 Å². The highest BCUT2D eigenvalue weighted by Gasteiger charge is 2.10. The molecule has 0 amide bonds. The second kappa shape index (κ2) is 5.64. The maximum atomic E-state index is 8.58. The molecule has 0 aliphatic carbocycles. The summed E-state index contributed by atoms with van der Waals surface area (Å²) in [7, 11) is 0. The smallest absolute Gasteiger partial charge is 0.0669 e. The highest BCUT2D eigenvalue weighted by Crippen LogP contribution is 2.09. The van der Waals surface area contributed by atoms with Gasteiger partial charge in [0.2, 0.25) is 0 Å². The Hall–Kier alpha value is -1.37. The monoisotopic (exact) mass is 216 g/mol. The van der Waals surface area contributed by atoms with Crippen molar-refractivity contribution in [2.45, 2.75) is 13.0 Å². The summed E-state index contributed by atoms with van der Waals surface area (Å²) in [4.78, 5) is 2.39. The van der Waals surface area contributed by atoms with Gasteiger partial charge in [-0.05, 0) is 11.1 Å². The summed E-state index contributed by atoms with van der Waals surface area (Å²) in [5.74, 6) is 0. The Morgan fingerprint density at radius 1 is 1.12 bits per heavy atom. The molecule has 0 aromatic heterocycles. The summed E-state index contributed by atoms with van der Waals surface area (Å²) >= 11 is 0. The molecule has 1 aliphatic heterocycles. The molecule has 16 heavy (non-hydrogen) atoms. The molecule has 3 heteroatoms. The molecule has 0 radical (unpaired) electrons. The number of hydrogen-bond acceptors (Lipinski definition) is 3. The largest absolute Gasteiger partial charge is 0.379 e. The summed E-state index contributed by atoms with van der Waals surface area (Å²) in [5, 5.41) is 8.58. The van der Waals surface area contributed by atoms with Crippen LogP contribution in [0.5, 0.6) is 0 Å². The van der Waals surface area contributed by atoms with E-state index in [-0.39, 0.29) is 0 Å². The van der Waals surface area contributed by atoms with E-state index in [1.165, 1.54) is 5.56 Å². The van der Waals surface area contributed by atoms with Crippen molar-refractivity contribution in [3.63, 3.8) is 0 Å². The van der Waals surface area contributed by atoms with E-state index in [1.54, 1.807) is 0 Å². The first-order chi connectivity index (χ1) is 7.88. The Morgan fingerprint density at radius 3 is 2.38 bits per heavy atom. The lowest BCUT2D eigenvalue weighted by atomic mass is 10.1. The summed E-state index contributed by atoms with van der Waals surface area (Å²) < 4.78 is 5.31. The van der Waals surface area contributed by atoms with Crippen LogP contribution in [0.15, 0.2) is 24.3 Å². The second-order valence-corrected chi connectivity index (χ2v) is 4.04. The molecule has 1 aliphatic rings. The van der Waals surface area contributed by atoms with E-state index in [0.29, 0.717) is 6.42 Å². The normalized spacial score (nSPS) is 16.9. The fourth-order valence-electron chi connectivity index (χ4n) is 1.87. The van der Waals surface area contributed by atoms with Gasteiger partial charge >= 0.3 is 0 Å². The molecule has 0 saturated carbocycles. The maximum absolute atomic E-state index is 8.58. The van der Waals surface area contributed by atoms with Gasteiger partial charge in [-0.2, -0.15) is 5.26 Å². The Morgan fingerprint density at radius 2 is 1.75 bits per heavy atom. The topological polar surface area (TPSA) is 36.3 Å². The maximum Gasteiger partial charge on any atom is 0.0669 e. The van der Waals surface area contributed by atoms with E-state index in [4.69, 9.17) is 10.00 Å². The lowest BCUT2D eigenvalue weighted by molar-refractivity contribution is 0.0342. The van der Waals surface area contributed by atoms with E-state index in [0.717, 1.165) is 38.4 Å². The van der Waals surface area contributed by atoms with Gasteiger partial charge in [0.05, 0.1) is 25.7 Å². The molecule has 3 nitrogen and oxygen atoms in total. The number of nitrogens with zero attached hydrogens (tertiary/aromatic N) is 2. The predicted molar refractivity (Wildman–Crippen MR) is 61.9 cm³/mol. The van der Waals surface area contributed by atoms with Crippen LogP contribution in [0, 0.1) is 11.3 Å². The zero-order valence-electron chi connectivity index (χ0n) is 9.35. The number of nitriles is 1. The van der Waals surface area contributed by atoms with Gasteiger partial charge in [0, 0.05) is 19.6 Å². The molecular formula is C13H16N2O. The van der Waals surface area contributed by atoms with Gasteiger partial charge in [-0.25, -0.2) is 0 Å².